The minimum Gasteiger partial charge on any atom is -0.468 e. The molecule has 1 aromatic heterocycles. The Balaban J connectivity index is 1.68. The fourth-order valence-corrected chi connectivity index (χ4v) is 2.39. The Kier molecular flexibility index (Phi) is 5.62. The Morgan fingerprint density at radius 2 is 2.21 bits per heavy atom. The van der Waals surface area contributed by atoms with Crippen LogP contribution in [0, 0.1) is 0 Å². The van der Waals surface area contributed by atoms with Crippen LogP contribution in [0.1, 0.15) is 5.76 Å². The maximum atomic E-state index is 5.37. The quantitative estimate of drug-likeness (QED) is 0.640. The lowest BCUT2D eigenvalue weighted by molar-refractivity contribution is 0.163. The molecule has 0 amide bonds. The molecule has 1 N–H and O–H groups in total. The van der Waals surface area contributed by atoms with E-state index < -0.39 is 0 Å². The normalized spacial score (nSPS) is 16.6. The zero-order chi connectivity index (χ0) is 13.5. The summed E-state index contributed by atoms with van der Waals surface area (Å²) >= 11 is 5.36. The average Bonchev–Trinajstić information content (AvgIpc) is 2.93. The molecule has 106 valence electrons. The van der Waals surface area contributed by atoms with E-state index in [1.807, 2.05) is 12.1 Å². The SMILES string of the molecule is COCCNC(=S)N1CCN(Cc2ccco2)CC1. The van der Waals surface area contributed by atoms with Gasteiger partial charge in [0.2, 0.25) is 0 Å². The highest BCUT2D eigenvalue weighted by Crippen LogP contribution is 2.09. The summed E-state index contributed by atoms with van der Waals surface area (Å²) in [5, 5.41) is 4.04. The second-order valence-electron chi connectivity index (χ2n) is 4.57. The van der Waals surface area contributed by atoms with E-state index in [0.29, 0.717) is 6.61 Å². The molecule has 19 heavy (non-hydrogen) atoms. The monoisotopic (exact) mass is 283 g/mol. The van der Waals surface area contributed by atoms with Crippen LogP contribution in [0.5, 0.6) is 0 Å². The van der Waals surface area contributed by atoms with Crippen molar-refractivity contribution in [3.05, 3.63) is 24.2 Å². The third kappa shape index (κ3) is 4.49. The second-order valence-corrected chi connectivity index (χ2v) is 4.95. The van der Waals surface area contributed by atoms with Crippen molar-refractivity contribution in [2.75, 3.05) is 46.4 Å². The highest BCUT2D eigenvalue weighted by Gasteiger charge is 2.19. The Morgan fingerprint density at radius 3 is 2.84 bits per heavy atom. The van der Waals surface area contributed by atoms with Crippen LogP contribution in [0.25, 0.3) is 0 Å². The molecule has 5 nitrogen and oxygen atoms in total. The molecule has 0 unspecified atom stereocenters. The van der Waals surface area contributed by atoms with Gasteiger partial charge in [0.15, 0.2) is 5.11 Å². The predicted octanol–water partition coefficient (Wildman–Crippen LogP) is 0.918. The molecule has 1 fully saturated rings. The molecule has 0 bridgehead atoms. The number of ether oxygens (including phenoxy) is 1. The van der Waals surface area contributed by atoms with Crippen LogP contribution in [0.3, 0.4) is 0 Å². The summed E-state index contributed by atoms with van der Waals surface area (Å²) < 4.78 is 10.4. The number of rotatable bonds is 5. The van der Waals surface area contributed by atoms with Crippen LogP contribution in [0.4, 0.5) is 0 Å². The third-order valence-corrected chi connectivity index (χ3v) is 3.60. The Morgan fingerprint density at radius 1 is 1.42 bits per heavy atom. The van der Waals surface area contributed by atoms with Crippen molar-refractivity contribution in [3.63, 3.8) is 0 Å². The first-order valence-electron chi connectivity index (χ1n) is 6.56. The number of hydrogen-bond donors (Lipinski definition) is 1. The molecule has 6 heteroatoms. The Bertz CT molecular complexity index is 375. The lowest BCUT2D eigenvalue weighted by Gasteiger charge is -2.35. The maximum absolute atomic E-state index is 5.37. The van der Waals surface area contributed by atoms with Crippen molar-refractivity contribution in [1.82, 2.24) is 15.1 Å². The van der Waals surface area contributed by atoms with Crippen LogP contribution < -0.4 is 5.32 Å². The van der Waals surface area contributed by atoms with Gasteiger partial charge in [0.1, 0.15) is 5.76 Å². The van der Waals surface area contributed by atoms with Crippen molar-refractivity contribution >= 4 is 17.3 Å². The maximum Gasteiger partial charge on any atom is 0.169 e. The summed E-state index contributed by atoms with van der Waals surface area (Å²) in [5.41, 5.74) is 0. The van der Waals surface area contributed by atoms with Gasteiger partial charge in [-0.25, -0.2) is 0 Å². The first-order valence-corrected chi connectivity index (χ1v) is 6.97. The number of hydrogen-bond acceptors (Lipinski definition) is 4. The van der Waals surface area contributed by atoms with Crippen molar-refractivity contribution < 1.29 is 9.15 Å². The number of methoxy groups -OCH3 is 1. The Labute approximate surface area is 119 Å². The van der Waals surface area contributed by atoms with Crippen molar-refractivity contribution in [2.24, 2.45) is 0 Å². The van der Waals surface area contributed by atoms with Crippen LogP contribution in [-0.2, 0) is 11.3 Å². The van der Waals surface area contributed by atoms with Gasteiger partial charge in [-0.05, 0) is 24.4 Å². The molecular weight excluding hydrogens is 262 g/mol. The standard InChI is InChI=1S/C13H21N3O2S/c1-17-10-4-14-13(19)16-7-5-15(6-8-16)11-12-3-2-9-18-12/h2-3,9H,4-8,10-11H2,1H3,(H,14,19). The zero-order valence-corrected chi connectivity index (χ0v) is 12.1. The summed E-state index contributed by atoms with van der Waals surface area (Å²) in [5.74, 6) is 1.02. The molecule has 0 radical (unpaired) electrons. The zero-order valence-electron chi connectivity index (χ0n) is 11.3. The van der Waals surface area contributed by atoms with E-state index in [9.17, 15) is 0 Å². The van der Waals surface area contributed by atoms with E-state index in [1.165, 1.54) is 0 Å². The summed E-state index contributed by atoms with van der Waals surface area (Å²) in [4.78, 5) is 4.59. The van der Waals surface area contributed by atoms with Crippen molar-refractivity contribution in [2.45, 2.75) is 6.54 Å². The van der Waals surface area contributed by atoms with Crippen molar-refractivity contribution in [3.8, 4) is 0 Å². The topological polar surface area (TPSA) is 40.9 Å². The number of piperazine rings is 1. The summed E-state index contributed by atoms with van der Waals surface area (Å²) in [6.07, 6.45) is 1.72. The van der Waals surface area contributed by atoms with Crippen LogP contribution >= 0.6 is 12.2 Å². The lowest BCUT2D eigenvalue weighted by atomic mass is 10.3. The highest BCUT2D eigenvalue weighted by molar-refractivity contribution is 7.80. The van der Waals surface area contributed by atoms with E-state index in [-0.39, 0.29) is 0 Å². The fraction of sp³-hybridized carbons (Fsp3) is 0.615. The van der Waals surface area contributed by atoms with Gasteiger partial charge in [0.25, 0.3) is 0 Å². The van der Waals surface area contributed by atoms with Gasteiger partial charge in [0.05, 0.1) is 19.4 Å². The van der Waals surface area contributed by atoms with E-state index in [2.05, 4.69) is 15.1 Å². The molecule has 1 aliphatic heterocycles. The van der Waals surface area contributed by atoms with Gasteiger partial charge >= 0.3 is 0 Å². The second kappa shape index (κ2) is 7.47. The highest BCUT2D eigenvalue weighted by atomic mass is 32.1. The number of thiocarbonyl (C=S) groups is 1. The summed E-state index contributed by atoms with van der Waals surface area (Å²) in [6.45, 7) is 6.25. The van der Waals surface area contributed by atoms with E-state index in [4.69, 9.17) is 21.4 Å². The molecular formula is C13H21N3O2S. The number of nitrogens with one attached hydrogen (secondary N) is 1. The molecule has 0 aromatic carbocycles. The molecule has 2 rings (SSSR count). The number of furan rings is 1. The van der Waals surface area contributed by atoms with Gasteiger partial charge in [-0.2, -0.15) is 0 Å². The van der Waals surface area contributed by atoms with Gasteiger partial charge < -0.3 is 19.4 Å². The molecule has 2 heterocycles. The first-order chi connectivity index (χ1) is 9.29. The van der Waals surface area contributed by atoms with E-state index in [0.717, 1.165) is 50.1 Å². The van der Waals surface area contributed by atoms with Crippen LogP contribution in [0.2, 0.25) is 0 Å². The molecule has 0 spiro atoms. The third-order valence-electron chi connectivity index (χ3n) is 3.20. The summed E-state index contributed by atoms with van der Waals surface area (Å²) in [6, 6.07) is 3.95. The molecule has 0 atom stereocenters. The fourth-order valence-electron chi connectivity index (χ4n) is 2.10. The molecule has 0 aliphatic carbocycles. The molecule has 1 aliphatic rings. The Hall–Kier alpha value is -1.11. The lowest BCUT2D eigenvalue weighted by Crippen LogP contribution is -2.51. The number of nitrogens with zero attached hydrogens (tertiary/aromatic N) is 2. The minimum absolute atomic E-state index is 0.679. The predicted molar refractivity (Wildman–Crippen MR) is 78.0 cm³/mol. The average molecular weight is 283 g/mol. The summed E-state index contributed by atoms with van der Waals surface area (Å²) in [7, 11) is 1.69. The molecule has 1 saturated heterocycles. The van der Waals surface area contributed by atoms with Gasteiger partial charge in [0, 0.05) is 39.8 Å². The van der Waals surface area contributed by atoms with Gasteiger partial charge in [-0.3, -0.25) is 4.90 Å². The van der Waals surface area contributed by atoms with Gasteiger partial charge in [-0.15, -0.1) is 0 Å². The molecule has 0 saturated carbocycles. The van der Waals surface area contributed by atoms with Gasteiger partial charge in [-0.1, -0.05) is 0 Å². The van der Waals surface area contributed by atoms with Crippen LogP contribution in [0.15, 0.2) is 22.8 Å². The van der Waals surface area contributed by atoms with E-state index >= 15 is 0 Å². The van der Waals surface area contributed by atoms with Crippen molar-refractivity contribution in [1.29, 1.82) is 0 Å². The van der Waals surface area contributed by atoms with Crippen LogP contribution in [-0.4, -0.2) is 61.4 Å². The largest absolute Gasteiger partial charge is 0.468 e. The van der Waals surface area contributed by atoms with E-state index in [1.54, 1.807) is 13.4 Å². The first kappa shape index (κ1) is 14.3. The minimum atomic E-state index is 0.679. The smallest absolute Gasteiger partial charge is 0.169 e. The molecule has 1 aromatic rings.